The molecule has 1 aromatic heterocycles. The van der Waals surface area contributed by atoms with Crippen LogP contribution in [0.4, 0.5) is 4.39 Å². The molecule has 3 nitrogen and oxygen atoms in total. The Morgan fingerprint density at radius 1 is 1.32 bits per heavy atom. The van der Waals surface area contributed by atoms with Gasteiger partial charge in [-0.25, -0.2) is 4.39 Å². The molecule has 4 heteroatoms. The second-order valence-electron chi connectivity index (χ2n) is 5.13. The van der Waals surface area contributed by atoms with Crippen molar-refractivity contribution in [3.8, 4) is 11.3 Å². The van der Waals surface area contributed by atoms with Gasteiger partial charge in [0, 0.05) is 23.7 Å². The summed E-state index contributed by atoms with van der Waals surface area (Å²) in [6.45, 7) is 4.08. The Bertz CT molecular complexity index is 571. The average molecular weight is 259 g/mol. The predicted octanol–water partition coefficient (Wildman–Crippen LogP) is 2.99. The molecule has 2 aromatic rings. The fourth-order valence-corrected chi connectivity index (χ4v) is 2.82. The van der Waals surface area contributed by atoms with Gasteiger partial charge in [0.05, 0.1) is 5.69 Å². The van der Waals surface area contributed by atoms with Gasteiger partial charge in [-0.2, -0.15) is 5.10 Å². The van der Waals surface area contributed by atoms with Crippen LogP contribution in [0.1, 0.15) is 30.0 Å². The van der Waals surface area contributed by atoms with E-state index in [0.717, 1.165) is 36.5 Å². The number of nitrogens with one attached hydrogen (secondary N) is 2. The third-order valence-corrected chi connectivity index (χ3v) is 3.88. The Kier molecular flexibility index (Phi) is 3.34. The molecular weight excluding hydrogens is 241 g/mol. The molecule has 100 valence electrons. The first kappa shape index (κ1) is 12.4. The first-order chi connectivity index (χ1) is 9.27. The first-order valence-corrected chi connectivity index (χ1v) is 6.78. The number of halogens is 1. The van der Waals surface area contributed by atoms with E-state index in [1.807, 2.05) is 13.0 Å². The fraction of sp³-hybridized carbons (Fsp3) is 0.400. The highest BCUT2D eigenvalue weighted by atomic mass is 19.1. The molecule has 19 heavy (non-hydrogen) atoms. The Morgan fingerprint density at radius 3 is 2.89 bits per heavy atom. The molecular formula is C15H18FN3. The number of benzene rings is 1. The van der Waals surface area contributed by atoms with Crippen molar-refractivity contribution in [1.29, 1.82) is 0 Å². The summed E-state index contributed by atoms with van der Waals surface area (Å²) < 4.78 is 13.8. The van der Waals surface area contributed by atoms with Crippen LogP contribution in [-0.2, 0) is 0 Å². The standard InChI is InChI=1S/C15H18FN3/c1-10-14(11-5-4-8-17-9-11)18-19-15(10)12-6-2-3-7-13(12)16/h2-3,6-7,11,17H,4-5,8-9H2,1H3,(H,18,19). The second-order valence-corrected chi connectivity index (χ2v) is 5.13. The number of hydrogen-bond acceptors (Lipinski definition) is 2. The molecule has 0 radical (unpaired) electrons. The lowest BCUT2D eigenvalue weighted by Gasteiger charge is -2.22. The van der Waals surface area contributed by atoms with E-state index in [-0.39, 0.29) is 5.82 Å². The monoisotopic (exact) mass is 259 g/mol. The summed E-state index contributed by atoms with van der Waals surface area (Å²) in [5.41, 5.74) is 3.52. The van der Waals surface area contributed by atoms with Gasteiger partial charge in [-0.3, -0.25) is 5.10 Å². The molecule has 1 aliphatic rings. The quantitative estimate of drug-likeness (QED) is 0.870. The van der Waals surface area contributed by atoms with Crippen LogP contribution in [0.5, 0.6) is 0 Å². The van der Waals surface area contributed by atoms with Crippen LogP contribution < -0.4 is 5.32 Å². The molecule has 1 saturated heterocycles. The number of nitrogens with zero attached hydrogens (tertiary/aromatic N) is 1. The van der Waals surface area contributed by atoms with E-state index in [4.69, 9.17) is 0 Å². The van der Waals surface area contributed by atoms with E-state index in [9.17, 15) is 4.39 Å². The number of aromatic nitrogens is 2. The molecule has 0 amide bonds. The van der Waals surface area contributed by atoms with Gasteiger partial charge in [-0.05, 0) is 44.0 Å². The minimum absolute atomic E-state index is 0.217. The van der Waals surface area contributed by atoms with Crippen LogP contribution in [-0.4, -0.2) is 23.3 Å². The molecule has 0 spiro atoms. The lowest BCUT2D eigenvalue weighted by atomic mass is 9.92. The lowest BCUT2D eigenvalue weighted by Crippen LogP contribution is -2.28. The fourth-order valence-electron chi connectivity index (χ4n) is 2.82. The molecule has 1 fully saturated rings. The smallest absolute Gasteiger partial charge is 0.132 e. The van der Waals surface area contributed by atoms with E-state index in [1.165, 1.54) is 12.5 Å². The number of piperidine rings is 1. The maximum absolute atomic E-state index is 13.8. The highest BCUT2D eigenvalue weighted by Gasteiger charge is 2.22. The van der Waals surface area contributed by atoms with Gasteiger partial charge in [0.15, 0.2) is 0 Å². The van der Waals surface area contributed by atoms with Crippen LogP contribution in [0.3, 0.4) is 0 Å². The molecule has 3 rings (SSSR count). The molecule has 2 heterocycles. The van der Waals surface area contributed by atoms with Crippen LogP contribution >= 0.6 is 0 Å². The van der Waals surface area contributed by atoms with Crippen LogP contribution in [0.25, 0.3) is 11.3 Å². The van der Waals surface area contributed by atoms with Gasteiger partial charge < -0.3 is 5.32 Å². The average Bonchev–Trinajstić information content (AvgIpc) is 2.82. The summed E-state index contributed by atoms with van der Waals surface area (Å²) in [5, 5.41) is 10.8. The number of H-pyrrole nitrogens is 1. The molecule has 0 saturated carbocycles. The van der Waals surface area contributed by atoms with Gasteiger partial charge >= 0.3 is 0 Å². The van der Waals surface area contributed by atoms with E-state index in [0.29, 0.717) is 11.5 Å². The lowest BCUT2D eigenvalue weighted by molar-refractivity contribution is 0.453. The summed E-state index contributed by atoms with van der Waals surface area (Å²) >= 11 is 0. The van der Waals surface area contributed by atoms with E-state index in [2.05, 4.69) is 15.5 Å². The minimum Gasteiger partial charge on any atom is -0.316 e. The summed E-state index contributed by atoms with van der Waals surface area (Å²) in [7, 11) is 0. The molecule has 1 aromatic carbocycles. The topological polar surface area (TPSA) is 40.7 Å². The van der Waals surface area contributed by atoms with Crippen molar-refractivity contribution < 1.29 is 4.39 Å². The van der Waals surface area contributed by atoms with Crippen LogP contribution in [0.2, 0.25) is 0 Å². The summed E-state index contributed by atoms with van der Waals surface area (Å²) in [4.78, 5) is 0. The first-order valence-electron chi connectivity index (χ1n) is 6.78. The highest BCUT2D eigenvalue weighted by Crippen LogP contribution is 2.31. The van der Waals surface area contributed by atoms with Gasteiger partial charge in [0.1, 0.15) is 5.82 Å². The van der Waals surface area contributed by atoms with Crippen molar-refractivity contribution >= 4 is 0 Å². The van der Waals surface area contributed by atoms with E-state index < -0.39 is 0 Å². The summed E-state index contributed by atoms with van der Waals surface area (Å²) in [6, 6.07) is 6.80. The van der Waals surface area contributed by atoms with E-state index in [1.54, 1.807) is 12.1 Å². The maximum Gasteiger partial charge on any atom is 0.132 e. The third kappa shape index (κ3) is 2.28. The van der Waals surface area contributed by atoms with Crippen molar-refractivity contribution in [3.63, 3.8) is 0 Å². The zero-order chi connectivity index (χ0) is 13.2. The number of hydrogen-bond donors (Lipinski definition) is 2. The van der Waals surface area contributed by atoms with Crippen LogP contribution in [0.15, 0.2) is 24.3 Å². The minimum atomic E-state index is -0.217. The maximum atomic E-state index is 13.8. The van der Waals surface area contributed by atoms with Crippen molar-refractivity contribution in [2.24, 2.45) is 0 Å². The predicted molar refractivity (Wildman–Crippen MR) is 73.6 cm³/mol. The Morgan fingerprint density at radius 2 is 2.16 bits per heavy atom. The Balaban J connectivity index is 1.97. The molecule has 0 aliphatic carbocycles. The Hall–Kier alpha value is -1.68. The van der Waals surface area contributed by atoms with Gasteiger partial charge in [0.25, 0.3) is 0 Å². The number of aromatic amines is 1. The summed E-state index contributed by atoms with van der Waals surface area (Å²) in [6.07, 6.45) is 2.34. The molecule has 1 aliphatic heterocycles. The molecule has 0 bridgehead atoms. The molecule has 2 N–H and O–H groups in total. The molecule has 1 unspecified atom stereocenters. The normalized spacial score (nSPS) is 19.6. The van der Waals surface area contributed by atoms with Crippen molar-refractivity contribution in [2.75, 3.05) is 13.1 Å². The number of rotatable bonds is 2. The summed E-state index contributed by atoms with van der Waals surface area (Å²) in [5.74, 6) is 0.243. The largest absolute Gasteiger partial charge is 0.316 e. The van der Waals surface area contributed by atoms with Crippen molar-refractivity contribution in [1.82, 2.24) is 15.5 Å². The van der Waals surface area contributed by atoms with Gasteiger partial charge in [0.2, 0.25) is 0 Å². The van der Waals surface area contributed by atoms with Crippen LogP contribution in [0, 0.1) is 12.7 Å². The highest BCUT2D eigenvalue weighted by molar-refractivity contribution is 5.64. The Labute approximate surface area is 112 Å². The third-order valence-electron chi connectivity index (χ3n) is 3.88. The second kappa shape index (κ2) is 5.13. The van der Waals surface area contributed by atoms with E-state index >= 15 is 0 Å². The van der Waals surface area contributed by atoms with Gasteiger partial charge in [-0.15, -0.1) is 0 Å². The van der Waals surface area contributed by atoms with Crippen molar-refractivity contribution in [2.45, 2.75) is 25.7 Å². The zero-order valence-corrected chi connectivity index (χ0v) is 11.0. The van der Waals surface area contributed by atoms with Gasteiger partial charge in [-0.1, -0.05) is 12.1 Å². The van der Waals surface area contributed by atoms with Crippen molar-refractivity contribution in [3.05, 3.63) is 41.3 Å². The molecule has 1 atom stereocenters. The SMILES string of the molecule is Cc1c(-c2ccccc2F)n[nH]c1C1CCCNC1. The zero-order valence-electron chi connectivity index (χ0n) is 11.0.